The lowest BCUT2D eigenvalue weighted by atomic mass is 10.1. The molecule has 6 heteroatoms. The van der Waals surface area contributed by atoms with E-state index in [1.165, 1.54) is 0 Å². The number of nitrogens with one attached hydrogen (secondary N) is 1. The van der Waals surface area contributed by atoms with Crippen LogP contribution in [0, 0.1) is 0 Å². The first kappa shape index (κ1) is 14.8. The Morgan fingerprint density at radius 1 is 1.19 bits per heavy atom. The summed E-state index contributed by atoms with van der Waals surface area (Å²) in [6, 6.07) is 5.36. The molecule has 0 spiro atoms. The Hall–Kier alpha value is -1.14. The summed E-state index contributed by atoms with van der Waals surface area (Å²) in [5.74, 6) is -0.353. The summed E-state index contributed by atoms with van der Waals surface area (Å²) >= 11 is 6.74. The number of benzene rings is 1. The standard InChI is InChI=1S/C15H13Br2NO3/c16-9-5-8-6-11(14(19)18-10-3-1-2-4-10)15(20)21-13(8)12(17)7-9/h5-7,10H,1-4H2,(H,18,19). The smallest absolute Gasteiger partial charge is 0.349 e. The van der Waals surface area contributed by atoms with Crippen molar-refractivity contribution >= 4 is 48.7 Å². The minimum Gasteiger partial charge on any atom is -0.421 e. The second kappa shape index (κ2) is 5.93. The van der Waals surface area contributed by atoms with E-state index in [2.05, 4.69) is 37.2 Å². The third kappa shape index (κ3) is 3.06. The van der Waals surface area contributed by atoms with Crippen molar-refractivity contribution in [1.82, 2.24) is 5.32 Å². The van der Waals surface area contributed by atoms with Crippen LogP contribution < -0.4 is 10.9 Å². The first-order valence-corrected chi connectivity index (χ1v) is 8.37. The van der Waals surface area contributed by atoms with Crippen molar-refractivity contribution in [1.29, 1.82) is 0 Å². The second-order valence-electron chi connectivity index (χ2n) is 5.21. The highest BCUT2D eigenvalue weighted by molar-refractivity contribution is 9.11. The van der Waals surface area contributed by atoms with Crippen LogP contribution in [-0.2, 0) is 0 Å². The van der Waals surface area contributed by atoms with Gasteiger partial charge in [0.2, 0.25) is 0 Å². The van der Waals surface area contributed by atoms with Crippen molar-refractivity contribution in [2.75, 3.05) is 0 Å². The van der Waals surface area contributed by atoms with Gasteiger partial charge in [0.05, 0.1) is 4.47 Å². The van der Waals surface area contributed by atoms with Crippen LogP contribution in [0.15, 0.2) is 36.4 Å². The summed E-state index contributed by atoms with van der Waals surface area (Å²) < 4.78 is 6.80. The van der Waals surface area contributed by atoms with Crippen LogP contribution in [0.3, 0.4) is 0 Å². The van der Waals surface area contributed by atoms with Gasteiger partial charge in [-0.25, -0.2) is 4.79 Å². The van der Waals surface area contributed by atoms with E-state index in [4.69, 9.17) is 4.42 Å². The Morgan fingerprint density at radius 3 is 2.62 bits per heavy atom. The second-order valence-corrected chi connectivity index (χ2v) is 6.98. The maximum Gasteiger partial charge on any atom is 0.349 e. The Bertz CT molecular complexity index is 763. The zero-order chi connectivity index (χ0) is 15.0. The fourth-order valence-electron chi connectivity index (χ4n) is 2.65. The molecular formula is C15H13Br2NO3. The predicted molar refractivity (Wildman–Crippen MR) is 87.6 cm³/mol. The average molecular weight is 415 g/mol. The molecule has 1 aromatic heterocycles. The van der Waals surface area contributed by atoms with Crippen molar-refractivity contribution in [3.63, 3.8) is 0 Å². The summed E-state index contributed by atoms with van der Waals surface area (Å²) in [7, 11) is 0. The maximum atomic E-state index is 12.2. The number of hydrogen-bond acceptors (Lipinski definition) is 3. The molecule has 4 nitrogen and oxygen atoms in total. The lowest BCUT2D eigenvalue weighted by Gasteiger charge is -2.11. The largest absolute Gasteiger partial charge is 0.421 e. The van der Waals surface area contributed by atoms with E-state index in [0.717, 1.165) is 30.2 Å². The van der Waals surface area contributed by atoms with Crippen molar-refractivity contribution in [2.24, 2.45) is 0 Å². The molecule has 21 heavy (non-hydrogen) atoms. The minimum atomic E-state index is -0.610. The molecule has 1 N–H and O–H groups in total. The molecule has 0 radical (unpaired) electrons. The van der Waals surface area contributed by atoms with Gasteiger partial charge in [-0.2, -0.15) is 0 Å². The van der Waals surface area contributed by atoms with Crippen LogP contribution in [0.1, 0.15) is 36.0 Å². The predicted octanol–water partition coefficient (Wildman–Crippen LogP) is 3.99. The summed E-state index contributed by atoms with van der Waals surface area (Å²) in [5.41, 5.74) is -0.110. The van der Waals surface area contributed by atoms with Gasteiger partial charge in [0, 0.05) is 15.9 Å². The van der Waals surface area contributed by atoms with Crippen LogP contribution in [-0.4, -0.2) is 11.9 Å². The molecule has 1 saturated carbocycles. The normalized spacial score (nSPS) is 15.5. The molecule has 0 unspecified atom stereocenters. The number of fused-ring (bicyclic) bond motifs is 1. The molecule has 2 aromatic rings. The molecule has 1 heterocycles. The van der Waals surface area contributed by atoms with Crippen molar-refractivity contribution in [3.8, 4) is 0 Å². The summed E-state index contributed by atoms with van der Waals surface area (Å²) in [5, 5.41) is 3.61. The van der Waals surface area contributed by atoms with E-state index in [9.17, 15) is 9.59 Å². The fraction of sp³-hybridized carbons (Fsp3) is 0.333. The number of rotatable bonds is 2. The van der Waals surface area contributed by atoms with Gasteiger partial charge >= 0.3 is 5.63 Å². The molecule has 1 fully saturated rings. The summed E-state index contributed by atoms with van der Waals surface area (Å²) in [4.78, 5) is 24.3. The van der Waals surface area contributed by atoms with Crippen molar-refractivity contribution < 1.29 is 9.21 Å². The molecular weight excluding hydrogens is 402 g/mol. The van der Waals surface area contributed by atoms with Crippen LogP contribution in [0.2, 0.25) is 0 Å². The van der Waals surface area contributed by atoms with Gasteiger partial charge in [0.15, 0.2) is 5.58 Å². The van der Waals surface area contributed by atoms with Crippen molar-refractivity contribution in [3.05, 3.63) is 43.1 Å². The van der Waals surface area contributed by atoms with Gasteiger partial charge < -0.3 is 9.73 Å². The Kier molecular flexibility index (Phi) is 4.17. The van der Waals surface area contributed by atoms with Gasteiger partial charge in [0.1, 0.15) is 5.56 Å². The zero-order valence-electron chi connectivity index (χ0n) is 11.1. The molecule has 1 amide bonds. The molecule has 0 aliphatic heterocycles. The maximum absolute atomic E-state index is 12.2. The number of halogens is 2. The van der Waals surface area contributed by atoms with E-state index in [1.807, 2.05) is 6.07 Å². The minimum absolute atomic E-state index is 0.0550. The van der Waals surface area contributed by atoms with Crippen LogP contribution in [0.5, 0.6) is 0 Å². The van der Waals surface area contributed by atoms with Gasteiger partial charge in [-0.3, -0.25) is 4.79 Å². The Morgan fingerprint density at radius 2 is 1.90 bits per heavy atom. The first-order chi connectivity index (χ1) is 10.0. The monoisotopic (exact) mass is 413 g/mol. The molecule has 1 aliphatic rings. The van der Waals surface area contributed by atoms with Gasteiger partial charge in [0.25, 0.3) is 5.91 Å². The lowest BCUT2D eigenvalue weighted by molar-refractivity contribution is 0.0934. The quantitative estimate of drug-likeness (QED) is 0.755. The highest BCUT2D eigenvalue weighted by Crippen LogP contribution is 2.28. The molecule has 0 bridgehead atoms. The highest BCUT2D eigenvalue weighted by Gasteiger charge is 2.21. The summed E-state index contributed by atoms with van der Waals surface area (Å²) in [6.07, 6.45) is 4.19. The molecule has 1 aromatic carbocycles. The number of hydrogen-bond donors (Lipinski definition) is 1. The Labute approximate surface area is 138 Å². The van der Waals surface area contributed by atoms with Crippen LogP contribution in [0.4, 0.5) is 0 Å². The fourth-order valence-corrected chi connectivity index (χ4v) is 3.99. The van der Waals surface area contributed by atoms with Crippen LogP contribution >= 0.6 is 31.9 Å². The van der Waals surface area contributed by atoms with E-state index in [-0.39, 0.29) is 17.5 Å². The highest BCUT2D eigenvalue weighted by atomic mass is 79.9. The van der Waals surface area contributed by atoms with E-state index in [0.29, 0.717) is 15.4 Å². The van der Waals surface area contributed by atoms with Crippen molar-refractivity contribution in [2.45, 2.75) is 31.7 Å². The van der Waals surface area contributed by atoms with E-state index >= 15 is 0 Å². The molecule has 1 aliphatic carbocycles. The number of carbonyl (C=O) groups is 1. The molecule has 3 rings (SSSR count). The van der Waals surface area contributed by atoms with Gasteiger partial charge in [-0.05, 0) is 47.0 Å². The average Bonchev–Trinajstić information content (AvgIpc) is 2.91. The summed E-state index contributed by atoms with van der Waals surface area (Å²) in [6.45, 7) is 0. The zero-order valence-corrected chi connectivity index (χ0v) is 14.3. The van der Waals surface area contributed by atoms with Gasteiger partial charge in [-0.1, -0.05) is 28.8 Å². The van der Waals surface area contributed by atoms with E-state index in [1.54, 1.807) is 12.1 Å². The third-order valence-corrected chi connectivity index (χ3v) is 4.73. The third-order valence-electron chi connectivity index (χ3n) is 3.69. The SMILES string of the molecule is O=C(NC1CCCC1)c1cc2cc(Br)cc(Br)c2oc1=O. The number of amides is 1. The Balaban J connectivity index is 2.00. The van der Waals surface area contributed by atoms with E-state index < -0.39 is 5.63 Å². The lowest BCUT2D eigenvalue weighted by Crippen LogP contribution is -2.35. The number of carbonyl (C=O) groups excluding carboxylic acids is 1. The topological polar surface area (TPSA) is 59.3 Å². The molecule has 0 saturated heterocycles. The van der Waals surface area contributed by atoms with Gasteiger partial charge in [-0.15, -0.1) is 0 Å². The van der Waals surface area contributed by atoms with Crippen LogP contribution in [0.25, 0.3) is 11.0 Å². The molecule has 0 atom stereocenters. The first-order valence-electron chi connectivity index (χ1n) is 6.78. The molecule has 110 valence electrons.